The Hall–Kier alpha value is -2.88. The lowest BCUT2D eigenvalue weighted by molar-refractivity contribution is -0.127. The first-order valence-corrected chi connectivity index (χ1v) is 7.13. The Kier molecular flexibility index (Phi) is 3.74. The van der Waals surface area contributed by atoms with E-state index in [1.165, 1.54) is 12.4 Å². The van der Waals surface area contributed by atoms with E-state index in [9.17, 15) is 10.1 Å². The molecule has 0 bridgehead atoms. The van der Waals surface area contributed by atoms with Crippen molar-refractivity contribution in [1.29, 1.82) is 5.26 Å². The van der Waals surface area contributed by atoms with Crippen molar-refractivity contribution in [2.75, 3.05) is 18.4 Å². The molecule has 1 aliphatic heterocycles. The summed E-state index contributed by atoms with van der Waals surface area (Å²) in [6.45, 7) is 4.87. The summed E-state index contributed by atoms with van der Waals surface area (Å²) in [5, 5.41) is 13.2. The molecule has 1 aliphatic rings. The zero-order valence-electron chi connectivity index (χ0n) is 12.0. The van der Waals surface area contributed by atoms with Gasteiger partial charge >= 0.3 is 0 Å². The number of piperidine rings is 1. The van der Waals surface area contributed by atoms with Crippen molar-refractivity contribution in [3.05, 3.63) is 30.7 Å². The highest BCUT2D eigenvalue weighted by Crippen LogP contribution is 2.24. The molecule has 3 heterocycles. The van der Waals surface area contributed by atoms with Gasteiger partial charge in [0.25, 0.3) is 0 Å². The van der Waals surface area contributed by atoms with Crippen LogP contribution in [0.25, 0.3) is 11.0 Å². The molecule has 3 rings (SSSR count). The van der Waals surface area contributed by atoms with Crippen LogP contribution < -0.4 is 5.32 Å². The van der Waals surface area contributed by atoms with Gasteiger partial charge in [-0.2, -0.15) is 5.26 Å². The number of fused-ring (bicyclic) bond motifs is 1. The zero-order valence-corrected chi connectivity index (χ0v) is 12.0. The monoisotopic (exact) mass is 296 g/mol. The second-order valence-corrected chi connectivity index (χ2v) is 5.23. The normalized spacial score (nSPS) is 18.0. The molecular weight excluding hydrogens is 280 g/mol. The first-order valence-electron chi connectivity index (χ1n) is 7.13. The Morgan fingerprint density at radius 3 is 3.23 bits per heavy atom. The van der Waals surface area contributed by atoms with Crippen LogP contribution in [0.3, 0.4) is 0 Å². The Bertz CT molecular complexity index is 759. The van der Waals surface area contributed by atoms with Crippen molar-refractivity contribution in [2.24, 2.45) is 0 Å². The van der Waals surface area contributed by atoms with Crippen molar-refractivity contribution in [1.82, 2.24) is 19.9 Å². The van der Waals surface area contributed by atoms with Gasteiger partial charge in [0.15, 0.2) is 0 Å². The first kappa shape index (κ1) is 14.1. The van der Waals surface area contributed by atoms with E-state index < -0.39 is 0 Å². The van der Waals surface area contributed by atoms with Crippen LogP contribution in [0.5, 0.6) is 0 Å². The summed E-state index contributed by atoms with van der Waals surface area (Å²) in [5.41, 5.74) is 1.14. The molecule has 7 nitrogen and oxygen atoms in total. The number of aromatic nitrogens is 3. The molecule has 7 heteroatoms. The molecule has 2 aromatic heterocycles. The minimum Gasteiger partial charge on any atom is -0.365 e. The third kappa shape index (κ3) is 2.51. The Morgan fingerprint density at radius 1 is 1.59 bits per heavy atom. The highest BCUT2D eigenvalue weighted by Gasteiger charge is 2.23. The largest absolute Gasteiger partial charge is 0.365 e. The zero-order chi connectivity index (χ0) is 15.5. The summed E-state index contributed by atoms with van der Waals surface area (Å²) in [4.78, 5) is 24.9. The standard InChI is InChI=1S/C15H16N6O/c1-2-12(22)21-5-3-4-11(8-21)20-15-13-10(6-16)7-17-14(13)18-9-19-15/h2,7,9,11H,1,3-5,8H2,(H2,17,18,19,20). The number of amides is 1. The number of hydrogen-bond donors (Lipinski definition) is 2. The Balaban J connectivity index is 1.84. The maximum absolute atomic E-state index is 11.7. The highest BCUT2D eigenvalue weighted by atomic mass is 16.2. The number of nitrogens with one attached hydrogen (secondary N) is 2. The number of aromatic amines is 1. The molecule has 1 saturated heterocycles. The predicted octanol–water partition coefficient (Wildman–Crippen LogP) is 1.42. The van der Waals surface area contributed by atoms with Crippen molar-refractivity contribution >= 4 is 22.8 Å². The van der Waals surface area contributed by atoms with Gasteiger partial charge in [0.2, 0.25) is 5.91 Å². The lowest BCUT2D eigenvalue weighted by Crippen LogP contribution is -2.44. The number of carbonyl (C=O) groups is 1. The van der Waals surface area contributed by atoms with Crippen molar-refractivity contribution in [2.45, 2.75) is 18.9 Å². The SMILES string of the molecule is C=CC(=O)N1CCCC(Nc2ncnc3[nH]cc(C#N)c23)C1. The Labute approximate surface area is 127 Å². The molecule has 0 radical (unpaired) electrons. The lowest BCUT2D eigenvalue weighted by atomic mass is 10.1. The van der Waals surface area contributed by atoms with Gasteiger partial charge in [0.1, 0.15) is 23.9 Å². The van der Waals surface area contributed by atoms with Gasteiger partial charge in [-0.15, -0.1) is 0 Å². The lowest BCUT2D eigenvalue weighted by Gasteiger charge is -2.32. The van der Waals surface area contributed by atoms with E-state index in [4.69, 9.17) is 0 Å². The van der Waals surface area contributed by atoms with E-state index in [1.54, 1.807) is 11.1 Å². The van der Waals surface area contributed by atoms with E-state index in [2.05, 4.69) is 32.9 Å². The van der Waals surface area contributed by atoms with Gasteiger partial charge in [0, 0.05) is 25.3 Å². The minimum absolute atomic E-state index is 0.0568. The molecule has 0 aromatic carbocycles. The van der Waals surface area contributed by atoms with E-state index in [0.717, 1.165) is 19.4 Å². The second kappa shape index (κ2) is 5.85. The van der Waals surface area contributed by atoms with E-state index in [-0.39, 0.29) is 11.9 Å². The smallest absolute Gasteiger partial charge is 0.246 e. The van der Waals surface area contributed by atoms with Gasteiger partial charge in [-0.1, -0.05) is 6.58 Å². The first-order chi connectivity index (χ1) is 10.7. The average molecular weight is 296 g/mol. The van der Waals surface area contributed by atoms with Gasteiger partial charge < -0.3 is 15.2 Å². The molecular formula is C15H16N6O. The second-order valence-electron chi connectivity index (χ2n) is 5.23. The molecule has 1 amide bonds. The van der Waals surface area contributed by atoms with Crippen LogP contribution >= 0.6 is 0 Å². The van der Waals surface area contributed by atoms with Crippen LogP contribution in [-0.2, 0) is 4.79 Å². The maximum Gasteiger partial charge on any atom is 0.246 e. The van der Waals surface area contributed by atoms with Gasteiger partial charge in [-0.05, 0) is 18.9 Å². The molecule has 1 unspecified atom stereocenters. The van der Waals surface area contributed by atoms with Crippen LogP contribution in [-0.4, -0.2) is 44.9 Å². The third-order valence-corrected chi connectivity index (χ3v) is 3.84. The summed E-state index contributed by atoms with van der Waals surface area (Å²) in [7, 11) is 0. The fraction of sp³-hybridized carbons (Fsp3) is 0.333. The van der Waals surface area contributed by atoms with Gasteiger partial charge in [-0.3, -0.25) is 4.79 Å². The van der Waals surface area contributed by atoms with Crippen LogP contribution in [0, 0.1) is 11.3 Å². The van der Waals surface area contributed by atoms with E-state index in [0.29, 0.717) is 29.0 Å². The fourth-order valence-electron chi connectivity index (χ4n) is 2.78. The van der Waals surface area contributed by atoms with Crippen LogP contribution in [0.1, 0.15) is 18.4 Å². The molecule has 1 atom stereocenters. The number of hydrogen-bond acceptors (Lipinski definition) is 5. The van der Waals surface area contributed by atoms with Crippen molar-refractivity contribution < 1.29 is 4.79 Å². The summed E-state index contributed by atoms with van der Waals surface area (Å²) in [6, 6.07) is 2.23. The third-order valence-electron chi connectivity index (χ3n) is 3.84. The average Bonchev–Trinajstić information content (AvgIpc) is 2.98. The summed E-state index contributed by atoms with van der Waals surface area (Å²) in [5.74, 6) is 0.569. The van der Waals surface area contributed by atoms with Crippen molar-refractivity contribution in [3.63, 3.8) is 0 Å². The molecule has 112 valence electrons. The van der Waals surface area contributed by atoms with Crippen LogP contribution in [0.2, 0.25) is 0 Å². The number of nitriles is 1. The van der Waals surface area contributed by atoms with Crippen LogP contribution in [0.4, 0.5) is 5.82 Å². The molecule has 22 heavy (non-hydrogen) atoms. The van der Waals surface area contributed by atoms with Gasteiger partial charge in [0.05, 0.1) is 10.9 Å². The number of rotatable bonds is 3. The van der Waals surface area contributed by atoms with Crippen LogP contribution in [0.15, 0.2) is 25.2 Å². The quantitative estimate of drug-likeness (QED) is 0.835. The van der Waals surface area contributed by atoms with Gasteiger partial charge in [-0.25, -0.2) is 9.97 Å². The highest BCUT2D eigenvalue weighted by molar-refractivity contribution is 5.92. The number of nitrogens with zero attached hydrogens (tertiary/aromatic N) is 4. The maximum atomic E-state index is 11.7. The molecule has 0 aliphatic carbocycles. The topological polar surface area (TPSA) is 97.7 Å². The van der Waals surface area contributed by atoms with Crippen molar-refractivity contribution in [3.8, 4) is 6.07 Å². The molecule has 2 N–H and O–H groups in total. The number of carbonyl (C=O) groups excluding carboxylic acids is 1. The summed E-state index contributed by atoms with van der Waals surface area (Å²) >= 11 is 0. The van der Waals surface area contributed by atoms with E-state index >= 15 is 0 Å². The predicted molar refractivity (Wildman–Crippen MR) is 82.0 cm³/mol. The minimum atomic E-state index is -0.0568. The number of likely N-dealkylation sites (tertiary alicyclic amines) is 1. The molecule has 0 saturated carbocycles. The number of anilines is 1. The summed E-state index contributed by atoms with van der Waals surface area (Å²) in [6.07, 6.45) is 6.28. The van der Waals surface area contributed by atoms with E-state index in [1.807, 2.05) is 0 Å². The summed E-state index contributed by atoms with van der Waals surface area (Å²) < 4.78 is 0. The fourth-order valence-corrected chi connectivity index (χ4v) is 2.78. The molecule has 1 fully saturated rings. The number of H-pyrrole nitrogens is 1. The molecule has 2 aromatic rings. The Morgan fingerprint density at radius 2 is 2.45 bits per heavy atom. The molecule has 0 spiro atoms.